The Morgan fingerprint density at radius 1 is 1.17 bits per heavy atom. The molecule has 1 saturated carbocycles. The molecule has 0 unspecified atom stereocenters. The summed E-state index contributed by atoms with van der Waals surface area (Å²) < 4.78 is 5.79. The van der Waals surface area contributed by atoms with Crippen LogP contribution in [-0.2, 0) is 6.42 Å². The zero-order valence-corrected chi connectivity index (χ0v) is 11.7. The minimum atomic E-state index is 0.788. The molecule has 0 bridgehead atoms. The van der Waals surface area contributed by atoms with E-state index in [1.54, 1.807) is 0 Å². The molecule has 2 rings (SSSR count). The Morgan fingerprint density at radius 2 is 1.83 bits per heavy atom. The summed E-state index contributed by atoms with van der Waals surface area (Å²) in [6.07, 6.45) is 6.61. The van der Waals surface area contributed by atoms with Gasteiger partial charge in [-0.3, -0.25) is 0 Å². The molecule has 0 spiro atoms. The lowest BCUT2D eigenvalue weighted by Crippen LogP contribution is -2.32. The third-order valence-electron chi connectivity index (χ3n) is 3.99. The number of aryl methyl sites for hydroxylation is 1. The first-order chi connectivity index (χ1) is 8.79. The topological polar surface area (TPSA) is 12.5 Å². The van der Waals surface area contributed by atoms with Crippen molar-refractivity contribution in [3.63, 3.8) is 0 Å². The van der Waals surface area contributed by atoms with Crippen LogP contribution < -0.4 is 4.74 Å². The number of rotatable bonds is 6. The van der Waals surface area contributed by atoms with E-state index in [0.717, 1.165) is 31.4 Å². The van der Waals surface area contributed by atoms with Gasteiger partial charge in [0.1, 0.15) is 12.4 Å². The van der Waals surface area contributed by atoms with E-state index in [1.165, 1.54) is 31.2 Å². The van der Waals surface area contributed by atoms with Crippen LogP contribution in [0.1, 0.15) is 38.2 Å². The molecule has 0 amide bonds. The summed E-state index contributed by atoms with van der Waals surface area (Å²) in [5.41, 5.74) is 1.37. The van der Waals surface area contributed by atoms with Crippen molar-refractivity contribution in [3.8, 4) is 5.75 Å². The van der Waals surface area contributed by atoms with Crippen LogP contribution in [-0.4, -0.2) is 31.1 Å². The van der Waals surface area contributed by atoms with Gasteiger partial charge in [0, 0.05) is 12.6 Å². The normalized spacial score (nSPS) is 16.4. The highest BCUT2D eigenvalue weighted by atomic mass is 16.5. The number of hydrogen-bond donors (Lipinski definition) is 0. The molecule has 0 aliphatic heterocycles. The Bertz CT molecular complexity index is 341. The number of benzene rings is 1. The molecule has 2 heteroatoms. The van der Waals surface area contributed by atoms with Gasteiger partial charge in [0.15, 0.2) is 0 Å². The van der Waals surface area contributed by atoms with Gasteiger partial charge in [-0.05, 0) is 44.0 Å². The molecule has 1 aliphatic carbocycles. The standard InChI is InChI=1S/C16H25NO/c1-3-14-8-10-16(11-9-14)18-13-12-17(2)15-6-4-5-7-15/h8-11,15H,3-7,12-13H2,1-2H3. The second kappa shape index (κ2) is 6.79. The molecule has 0 N–H and O–H groups in total. The molecule has 0 aromatic heterocycles. The van der Waals surface area contributed by atoms with E-state index in [1.807, 2.05) is 0 Å². The van der Waals surface area contributed by atoms with Crippen molar-refractivity contribution in [1.82, 2.24) is 4.90 Å². The minimum Gasteiger partial charge on any atom is -0.492 e. The first-order valence-corrected chi connectivity index (χ1v) is 7.21. The Balaban J connectivity index is 1.70. The van der Waals surface area contributed by atoms with Crippen molar-refractivity contribution in [1.29, 1.82) is 0 Å². The van der Waals surface area contributed by atoms with E-state index < -0.39 is 0 Å². The summed E-state index contributed by atoms with van der Waals surface area (Å²) >= 11 is 0. The predicted molar refractivity (Wildman–Crippen MR) is 76.2 cm³/mol. The molecule has 2 nitrogen and oxygen atoms in total. The summed E-state index contributed by atoms with van der Waals surface area (Å²) in [5.74, 6) is 0.993. The van der Waals surface area contributed by atoms with Crippen LogP contribution in [0.15, 0.2) is 24.3 Å². The highest BCUT2D eigenvalue weighted by Crippen LogP contribution is 2.22. The average Bonchev–Trinajstić information content (AvgIpc) is 2.93. The highest BCUT2D eigenvalue weighted by Gasteiger charge is 2.18. The van der Waals surface area contributed by atoms with Crippen LogP contribution in [0, 0.1) is 0 Å². The lowest BCUT2D eigenvalue weighted by Gasteiger charge is -2.23. The minimum absolute atomic E-state index is 0.788. The SMILES string of the molecule is CCc1ccc(OCCN(C)C2CCCC2)cc1. The summed E-state index contributed by atoms with van der Waals surface area (Å²) in [6, 6.07) is 9.24. The van der Waals surface area contributed by atoms with Crippen molar-refractivity contribution in [2.24, 2.45) is 0 Å². The maximum Gasteiger partial charge on any atom is 0.119 e. The smallest absolute Gasteiger partial charge is 0.119 e. The fourth-order valence-corrected chi connectivity index (χ4v) is 2.66. The van der Waals surface area contributed by atoms with E-state index in [2.05, 4.69) is 43.1 Å². The van der Waals surface area contributed by atoms with E-state index in [-0.39, 0.29) is 0 Å². The van der Waals surface area contributed by atoms with Gasteiger partial charge in [0.05, 0.1) is 0 Å². The van der Waals surface area contributed by atoms with Gasteiger partial charge in [-0.2, -0.15) is 0 Å². The van der Waals surface area contributed by atoms with Gasteiger partial charge in [0.2, 0.25) is 0 Å². The first-order valence-electron chi connectivity index (χ1n) is 7.21. The molecular weight excluding hydrogens is 222 g/mol. The number of ether oxygens (including phenoxy) is 1. The molecule has 0 heterocycles. The monoisotopic (exact) mass is 247 g/mol. The quantitative estimate of drug-likeness (QED) is 0.763. The largest absolute Gasteiger partial charge is 0.492 e. The van der Waals surface area contributed by atoms with Crippen molar-refractivity contribution in [3.05, 3.63) is 29.8 Å². The van der Waals surface area contributed by atoms with E-state index >= 15 is 0 Å². The van der Waals surface area contributed by atoms with Gasteiger partial charge in [-0.1, -0.05) is 31.9 Å². The molecule has 18 heavy (non-hydrogen) atoms. The fourth-order valence-electron chi connectivity index (χ4n) is 2.66. The van der Waals surface area contributed by atoms with Gasteiger partial charge in [0.25, 0.3) is 0 Å². The molecule has 1 aromatic carbocycles. The van der Waals surface area contributed by atoms with E-state index in [9.17, 15) is 0 Å². The summed E-state index contributed by atoms with van der Waals surface area (Å²) in [4.78, 5) is 2.45. The zero-order valence-electron chi connectivity index (χ0n) is 11.7. The van der Waals surface area contributed by atoms with Crippen LogP contribution >= 0.6 is 0 Å². The second-order valence-electron chi connectivity index (χ2n) is 5.26. The van der Waals surface area contributed by atoms with Gasteiger partial charge in [-0.25, -0.2) is 0 Å². The number of likely N-dealkylation sites (N-methyl/N-ethyl adjacent to an activating group) is 1. The van der Waals surface area contributed by atoms with Gasteiger partial charge >= 0.3 is 0 Å². The van der Waals surface area contributed by atoms with E-state index in [0.29, 0.717) is 0 Å². The predicted octanol–water partition coefficient (Wildman–Crippen LogP) is 3.50. The van der Waals surface area contributed by atoms with Crippen molar-refractivity contribution >= 4 is 0 Å². The summed E-state index contributed by atoms with van der Waals surface area (Å²) in [7, 11) is 2.22. The van der Waals surface area contributed by atoms with Crippen molar-refractivity contribution in [2.75, 3.05) is 20.2 Å². The summed E-state index contributed by atoms with van der Waals surface area (Å²) in [5, 5.41) is 0. The van der Waals surface area contributed by atoms with Crippen LogP contribution in [0.2, 0.25) is 0 Å². The second-order valence-corrected chi connectivity index (χ2v) is 5.26. The molecule has 0 atom stereocenters. The average molecular weight is 247 g/mol. The number of nitrogens with zero attached hydrogens (tertiary/aromatic N) is 1. The van der Waals surface area contributed by atoms with Crippen molar-refractivity contribution < 1.29 is 4.74 Å². The Hall–Kier alpha value is -1.02. The van der Waals surface area contributed by atoms with E-state index in [4.69, 9.17) is 4.74 Å². The van der Waals surface area contributed by atoms with Crippen molar-refractivity contribution in [2.45, 2.75) is 45.1 Å². The highest BCUT2D eigenvalue weighted by molar-refractivity contribution is 5.27. The Kier molecular flexibility index (Phi) is 5.06. The van der Waals surface area contributed by atoms with Crippen LogP contribution in [0.5, 0.6) is 5.75 Å². The maximum absolute atomic E-state index is 5.79. The third kappa shape index (κ3) is 3.74. The van der Waals surface area contributed by atoms with Gasteiger partial charge in [-0.15, -0.1) is 0 Å². The maximum atomic E-state index is 5.79. The fraction of sp³-hybridized carbons (Fsp3) is 0.625. The molecule has 0 saturated heterocycles. The van der Waals surface area contributed by atoms with Crippen LogP contribution in [0.4, 0.5) is 0 Å². The molecule has 1 aromatic rings. The lowest BCUT2D eigenvalue weighted by atomic mass is 10.2. The third-order valence-corrected chi connectivity index (χ3v) is 3.99. The van der Waals surface area contributed by atoms with Crippen LogP contribution in [0.25, 0.3) is 0 Å². The van der Waals surface area contributed by atoms with Gasteiger partial charge < -0.3 is 9.64 Å². The number of hydrogen-bond acceptors (Lipinski definition) is 2. The lowest BCUT2D eigenvalue weighted by molar-refractivity contribution is 0.193. The molecule has 1 aliphatic rings. The molecule has 0 radical (unpaired) electrons. The zero-order chi connectivity index (χ0) is 12.8. The summed E-state index contributed by atoms with van der Waals surface area (Å²) in [6.45, 7) is 3.99. The Morgan fingerprint density at radius 3 is 2.44 bits per heavy atom. The van der Waals surface area contributed by atoms with Crippen LogP contribution in [0.3, 0.4) is 0 Å². The molecule has 1 fully saturated rings. The first kappa shape index (κ1) is 13.4. The molecule has 100 valence electrons. The Labute approximate surface area is 111 Å². The molecular formula is C16H25NO.